The Bertz CT molecular complexity index is 1450. The van der Waals surface area contributed by atoms with Gasteiger partial charge in [-0.1, -0.05) is 48.5 Å². The van der Waals surface area contributed by atoms with E-state index in [9.17, 15) is 9.18 Å². The Kier molecular flexibility index (Phi) is 9.11. The minimum Gasteiger partial charge on any atom is -0.496 e. The van der Waals surface area contributed by atoms with E-state index in [-0.39, 0.29) is 30.9 Å². The zero-order valence-electron chi connectivity index (χ0n) is 22.5. The Morgan fingerprint density at radius 3 is 2.58 bits per heavy atom. The van der Waals surface area contributed by atoms with Crippen LogP contribution < -0.4 is 24.4 Å². The molecule has 0 aromatic heterocycles. The highest BCUT2D eigenvalue weighted by atomic mass is 19.1. The van der Waals surface area contributed by atoms with E-state index < -0.39 is 5.82 Å². The fourth-order valence-corrected chi connectivity index (χ4v) is 4.77. The van der Waals surface area contributed by atoms with Gasteiger partial charge in [0.25, 0.3) is 0 Å². The van der Waals surface area contributed by atoms with E-state index in [0.29, 0.717) is 38.5 Å². The first-order valence-corrected chi connectivity index (χ1v) is 13.4. The number of carbonyl (C=O) groups excluding carboxylic acids is 1. The molecule has 7 nitrogen and oxygen atoms in total. The highest BCUT2D eigenvalue weighted by Gasteiger charge is 2.30. The van der Waals surface area contributed by atoms with Crippen molar-refractivity contribution < 1.29 is 28.1 Å². The Labute approximate surface area is 233 Å². The van der Waals surface area contributed by atoms with Crippen LogP contribution in [-0.2, 0) is 16.1 Å². The van der Waals surface area contributed by atoms with Crippen LogP contribution in [0.3, 0.4) is 0 Å². The number of carbonyl (C=O) groups is 1. The molecule has 0 spiro atoms. The van der Waals surface area contributed by atoms with Crippen molar-refractivity contribution in [2.24, 2.45) is 0 Å². The second kappa shape index (κ2) is 13.3. The van der Waals surface area contributed by atoms with E-state index in [4.69, 9.17) is 18.9 Å². The summed E-state index contributed by atoms with van der Waals surface area (Å²) in [4.78, 5) is 14.4. The van der Waals surface area contributed by atoms with Crippen molar-refractivity contribution in [3.63, 3.8) is 0 Å². The predicted molar refractivity (Wildman–Crippen MR) is 153 cm³/mol. The summed E-state index contributed by atoms with van der Waals surface area (Å²) in [7, 11) is 1.63. The number of ether oxygens (including phenoxy) is 4. The average molecular weight is 545 g/mol. The molecular weight excluding hydrogens is 511 g/mol. The second-order valence-electron chi connectivity index (χ2n) is 9.55. The number of para-hydroxylation sites is 1. The molecule has 1 fully saturated rings. The fourth-order valence-electron chi connectivity index (χ4n) is 4.77. The van der Waals surface area contributed by atoms with Crippen LogP contribution in [0.15, 0.2) is 84.9 Å². The third kappa shape index (κ3) is 6.70. The molecule has 0 bridgehead atoms. The molecule has 1 amide bonds. The van der Waals surface area contributed by atoms with Gasteiger partial charge in [-0.3, -0.25) is 4.79 Å². The predicted octanol–water partition coefficient (Wildman–Crippen LogP) is 5.36. The Hall–Kier alpha value is -4.14. The van der Waals surface area contributed by atoms with E-state index in [1.54, 1.807) is 24.1 Å². The van der Waals surface area contributed by atoms with E-state index in [1.807, 2.05) is 66.7 Å². The molecule has 0 aliphatic carbocycles. The third-order valence-corrected chi connectivity index (χ3v) is 6.79. The van der Waals surface area contributed by atoms with Crippen molar-refractivity contribution >= 4 is 22.4 Å². The number of benzene rings is 4. The third-order valence-electron chi connectivity index (χ3n) is 6.79. The van der Waals surface area contributed by atoms with Gasteiger partial charge in [0.05, 0.1) is 39.5 Å². The van der Waals surface area contributed by atoms with Crippen LogP contribution in [0.5, 0.6) is 17.2 Å². The summed E-state index contributed by atoms with van der Waals surface area (Å²) in [5, 5.41) is 5.34. The van der Waals surface area contributed by atoms with Crippen molar-refractivity contribution in [1.82, 2.24) is 5.32 Å². The van der Waals surface area contributed by atoms with Gasteiger partial charge in [-0.05, 0) is 41.1 Å². The lowest BCUT2D eigenvalue weighted by Crippen LogP contribution is -2.57. The van der Waals surface area contributed by atoms with E-state index in [0.717, 1.165) is 27.8 Å². The van der Waals surface area contributed by atoms with Gasteiger partial charge < -0.3 is 29.2 Å². The molecule has 1 heterocycles. The summed E-state index contributed by atoms with van der Waals surface area (Å²) in [6.07, 6.45) is 0.598. The summed E-state index contributed by atoms with van der Waals surface area (Å²) in [6.45, 7) is 2.18. The van der Waals surface area contributed by atoms with Gasteiger partial charge in [-0.25, -0.2) is 4.39 Å². The summed E-state index contributed by atoms with van der Waals surface area (Å²) in [5.74, 6) is 0.983. The molecule has 0 unspecified atom stereocenters. The molecule has 5 rings (SSSR count). The highest BCUT2D eigenvalue weighted by molar-refractivity contribution is 5.96. The lowest BCUT2D eigenvalue weighted by Gasteiger charge is -2.36. The molecule has 208 valence electrons. The van der Waals surface area contributed by atoms with Gasteiger partial charge in [0.2, 0.25) is 5.91 Å². The molecule has 4 aromatic carbocycles. The fraction of sp³-hybridized carbons (Fsp3) is 0.281. The molecular formula is C32H33FN2O5. The van der Waals surface area contributed by atoms with Crippen molar-refractivity contribution in [3.8, 4) is 17.2 Å². The molecule has 40 heavy (non-hydrogen) atoms. The maximum atomic E-state index is 15.0. The average Bonchev–Trinajstić information content (AvgIpc) is 2.98. The number of hydrogen-bond acceptors (Lipinski definition) is 6. The van der Waals surface area contributed by atoms with Crippen LogP contribution in [-0.4, -0.2) is 52.0 Å². The van der Waals surface area contributed by atoms with Gasteiger partial charge in [0.15, 0.2) is 11.6 Å². The lowest BCUT2D eigenvalue weighted by atomic mass is 10.1. The second-order valence-corrected chi connectivity index (χ2v) is 9.55. The van der Waals surface area contributed by atoms with Gasteiger partial charge in [-0.15, -0.1) is 0 Å². The lowest BCUT2D eigenvalue weighted by molar-refractivity contribution is -0.119. The molecule has 4 aromatic rings. The van der Waals surface area contributed by atoms with Gasteiger partial charge >= 0.3 is 0 Å². The number of nitrogens with zero attached hydrogens (tertiary/aromatic N) is 1. The van der Waals surface area contributed by atoms with Crippen LogP contribution in [0.1, 0.15) is 12.0 Å². The molecule has 1 saturated heterocycles. The number of hydrogen-bond donors (Lipinski definition) is 1. The topological polar surface area (TPSA) is 69.3 Å². The number of halogens is 1. The minimum atomic E-state index is -0.520. The zero-order valence-corrected chi connectivity index (χ0v) is 22.5. The smallest absolute Gasteiger partial charge is 0.241 e. The Morgan fingerprint density at radius 1 is 0.900 bits per heavy atom. The van der Waals surface area contributed by atoms with Crippen molar-refractivity contribution in [2.45, 2.75) is 19.1 Å². The number of fused-ring (bicyclic) bond motifs is 1. The maximum Gasteiger partial charge on any atom is 0.241 e. The first-order valence-electron chi connectivity index (χ1n) is 13.4. The summed E-state index contributed by atoms with van der Waals surface area (Å²) in [6, 6.07) is 26.0. The number of piperazine rings is 1. The van der Waals surface area contributed by atoms with Gasteiger partial charge in [-0.2, -0.15) is 0 Å². The summed E-state index contributed by atoms with van der Waals surface area (Å²) >= 11 is 0. The van der Waals surface area contributed by atoms with Crippen LogP contribution in [0, 0.1) is 5.82 Å². The summed E-state index contributed by atoms with van der Waals surface area (Å²) < 4.78 is 37.7. The van der Waals surface area contributed by atoms with E-state index in [1.165, 1.54) is 6.07 Å². The number of rotatable bonds is 12. The van der Waals surface area contributed by atoms with E-state index >= 15 is 0 Å². The Balaban J connectivity index is 1.14. The molecule has 1 aliphatic rings. The van der Waals surface area contributed by atoms with Gasteiger partial charge in [0, 0.05) is 30.3 Å². The van der Waals surface area contributed by atoms with Crippen molar-refractivity contribution in [2.75, 3.05) is 44.9 Å². The molecule has 1 atom stereocenters. The Morgan fingerprint density at radius 2 is 1.73 bits per heavy atom. The van der Waals surface area contributed by atoms with Crippen molar-refractivity contribution in [1.29, 1.82) is 0 Å². The van der Waals surface area contributed by atoms with Crippen LogP contribution in [0.2, 0.25) is 0 Å². The number of nitrogens with one attached hydrogen (secondary N) is 1. The molecule has 1 N–H and O–H groups in total. The first-order chi connectivity index (χ1) is 19.6. The van der Waals surface area contributed by atoms with Crippen LogP contribution >= 0.6 is 0 Å². The zero-order chi connectivity index (χ0) is 27.7. The van der Waals surface area contributed by atoms with Crippen molar-refractivity contribution in [3.05, 3.63) is 96.3 Å². The highest BCUT2D eigenvalue weighted by Crippen LogP contribution is 2.27. The maximum absolute atomic E-state index is 15.0. The largest absolute Gasteiger partial charge is 0.496 e. The standard InChI is InChI=1S/C32H33FN2O5/c1-37-30-10-5-4-9-25(30)21-38-15-6-16-39-31-14-12-26(18-29(31)33)35-27(19-34-20-32(35)36)22-40-28-13-11-23-7-2-3-8-24(23)17-28/h2-5,7-14,17-18,27,34H,6,15-16,19-22H2,1H3/t27-/m1/s1. The monoisotopic (exact) mass is 544 g/mol. The molecule has 0 saturated carbocycles. The minimum absolute atomic E-state index is 0.139. The van der Waals surface area contributed by atoms with Crippen LogP contribution in [0.4, 0.5) is 10.1 Å². The quantitative estimate of drug-likeness (QED) is 0.242. The molecule has 8 heteroatoms. The SMILES string of the molecule is COc1ccccc1COCCCOc1ccc(N2C(=O)CNC[C@@H]2COc2ccc3ccccc3c2)cc1F. The number of anilines is 1. The number of methoxy groups -OCH3 is 1. The number of amides is 1. The summed E-state index contributed by atoms with van der Waals surface area (Å²) in [5.41, 5.74) is 1.44. The normalized spacial score (nSPS) is 15.3. The molecule has 1 aliphatic heterocycles. The van der Waals surface area contributed by atoms with Crippen LogP contribution in [0.25, 0.3) is 10.8 Å². The molecule has 0 radical (unpaired) electrons. The first kappa shape index (κ1) is 27.4. The van der Waals surface area contributed by atoms with Gasteiger partial charge in [0.1, 0.15) is 18.1 Å². The van der Waals surface area contributed by atoms with E-state index in [2.05, 4.69) is 5.32 Å².